The number of carbonyl (C=O) groups excluding carboxylic acids is 1. The van der Waals surface area contributed by atoms with E-state index in [0.717, 1.165) is 0 Å². The minimum absolute atomic E-state index is 0.0628. The zero-order valence-corrected chi connectivity index (χ0v) is 18.5. The molecule has 9 heteroatoms. The summed E-state index contributed by atoms with van der Waals surface area (Å²) in [5, 5.41) is 2.50. The topological polar surface area (TPSA) is 92.5 Å². The summed E-state index contributed by atoms with van der Waals surface area (Å²) < 4.78 is 34.0. The Morgan fingerprint density at radius 2 is 1.93 bits per heavy atom. The second-order valence-electron chi connectivity index (χ2n) is 7.41. The molecule has 2 heterocycles. The van der Waals surface area contributed by atoms with Gasteiger partial charge in [0, 0.05) is 29.3 Å². The van der Waals surface area contributed by atoms with E-state index in [0.29, 0.717) is 16.7 Å². The minimum Gasteiger partial charge on any atom is -0.464 e. The van der Waals surface area contributed by atoms with E-state index in [1.165, 1.54) is 29.7 Å². The Balaban J connectivity index is 1.93. The van der Waals surface area contributed by atoms with Crippen LogP contribution < -0.4 is 4.72 Å². The van der Waals surface area contributed by atoms with Gasteiger partial charge < -0.3 is 9.32 Å². The summed E-state index contributed by atoms with van der Waals surface area (Å²) in [6.45, 7) is 7.66. The second-order valence-corrected chi connectivity index (χ2v) is 9.84. The molecule has 3 aromatic rings. The highest BCUT2D eigenvalue weighted by molar-refractivity contribution is 7.89. The monoisotopic (exact) mass is 435 g/mol. The molecule has 156 valence electrons. The van der Waals surface area contributed by atoms with E-state index in [-0.39, 0.29) is 29.3 Å². The standard InChI is InChI=1S/C20H25N3O4S2/c1-13(2)23(14(3)4)20(24)18(10-16-11-28-12-21-16)22-29(25,26)17-5-6-19-15(9-17)7-8-27-19/h5-9,11-14,18,22H,10H2,1-4H3/t18-/m0/s1. The van der Waals surface area contributed by atoms with Crippen molar-refractivity contribution in [3.63, 3.8) is 0 Å². The van der Waals surface area contributed by atoms with Crippen molar-refractivity contribution in [2.24, 2.45) is 0 Å². The number of carbonyl (C=O) groups is 1. The normalized spacial score (nSPS) is 13.3. The number of benzene rings is 1. The van der Waals surface area contributed by atoms with Crippen molar-refractivity contribution in [2.75, 3.05) is 0 Å². The van der Waals surface area contributed by atoms with Crippen molar-refractivity contribution >= 4 is 38.2 Å². The van der Waals surface area contributed by atoms with Crippen LogP contribution in [0.1, 0.15) is 33.4 Å². The van der Waals surface area contributed by atoms with Gasteiger partial charge in [0.1, 0.15) is 11.6 Å². The number of nitrogens with one attached hydrogen (secondary N) is 1. The molecule has 0 aliphatic rings. The predicted octanol–water partition coefficient (Wildman–Crippen LogP) is 3.42. The summed E-state index contributed by atoms with van der Waals surface area (Å²) in [5.74, 6) is -0.268. The molecule has 0 aliphatic heterocycles. The number of fused-ring (bicyclic) bond motifs is 1. The molecule has 0 unspecified atom stereocenters. The first-order chi connectivity index (χ1) is 13.7. The average Bonchev–Trinajstić information content (AvgIpc) is 3.31. The summed E-state index contributed by atoms with van der Waals surface area (Å²) in [7, 11) is -3.93. The Labute approximate surface area is 174 Å². The van der Waals surface area contributed by atoms with Crippen LogP contribution in [0.5, 0.6) is 0 Å². The fourth-order valence-corrected chi connectivity index (χ4v) is 5.17. The van der Waals surface area contributed by atoms with Gasteiger partial charge in [0.05, 0.1) is 22.4 Å². The summed E-state index contributed by atoms with van der Waals surface area (Å²) >= 11 is 1.41. The van der Waals surface area contributed by atoms with Crippen molar-refractivity contribution < 1.29 is 17.6 Å². The summed E-state index contributed by atoms with van der Waals surface area (Å²) in [4.78, 5) is 19.3. The maximum absolute atomic E-state index is 13.3. The quantitative estimate of drug-likeness (QED) is 0.585. The molecule has 1 N–H and O–H groups in total. The first-order valence-corrected chi connectivity index (χ1v) is 11.8. The van der Waals surface area contributed by atoms with Gasteiger partial charge in [-0.3, -0.25) is 4.79 Å². The van der Waals surface area contributed by atoms with Gasteiger partial charge in [0.15, 0.2) is 0 Å². The van der Waals surface area contributed by atoms with Crippen LogP contribution in [-0.2, 0) is 21.2 Å². The van der Waals surface area contributed by atoms with E-state index in [1.54, 1.807) is 22.5 Å². The van der Waals surface area contributed by atoms with Crippen molar-refractivity contribution in [1.82, 2.24) is 14.6 Å². The van der Waals surface area contributed by atoms with Crippen molar-refractivity contribution in [1.29, 1.82) is 0 Å². The van der Waals surface area contributed by atoms with Crippen LogP contribution in [-0.4, -0.2) is 42.3 Å². The van der Waals surface area contributed by atoms with Crippen LogP contribution >= 0.6 is 11.3 Å². The van der Waals surface area contributed by atoms with E-state index in [1.807, 2.05) is 33.1 Å². The lowest BCUT2D eigenvalue weighted by Crippen LogP contribution is -2.53. The number of hydrogen-bond donors (Lipinski definition) is 1. The Bertz CT molecular complexity index is 1060. The number of aromatic nitrogens is 1. The molecule has 0 fully saturated rings. The van der Waals surface area contributed by atoms with Gasteiger partial charge in [-0.1, -0.05) is 0 Å². The third-order valence-electron chi connectivity index (χ3n) is 4.59. The van der Waals surface area contributed by atoms with E-state index < -0.39 is 16.1 Å². The highest BCUT2D eigenvalue weighted by atomic mass is 32.2. The van der Waals surface area contributed by atoms with E-state index in [9.17, 15) is 13.2 Å². The first-order valence-electron chi connectivity index (χ1n) is 9.38. The number of rotatable bonds is 8. The Kier molecular flexibility index (Phi) is 6.40. The number of nitrogens with zero attached hydrogens (tertiary/aromatic N) is 2. The molecule has 0 saturated heterocycles. The summed E-state index contributed by atoms with van der Waals surface area (Å²) in [6.07, 6.45) is 1.69. The molecule has 2 aromatic heterocycles. The number of amides is 1. The van der Waals surface area contributed by atoms with Crippen LogP contribution in [0.25, 0.3) is 11.0 Å². The van der Waals surface area contributed by atoms with Crippen molar-refractivity contribution in [2.45, 2.75) is 57.1 Å². The van der Waals surface area contributed by atoms with Crippen LogP contribution in [0.2, 0.25) is 0 Å². The smallest absolute Gasteiger partial charge is 0.241 e. The summed E-state index contributed by atoms with van der Waals surface area (Å²) in [6, 6.07) is 5.24. The van der Waals surface area contributed by atoms with Crippen LogP contribution in [0, 0.1) is 0 Å². The third kappa shape index (κ3) is 4.85. The lowest BCUT2D eigenvalue weighted by Gasteiger charge is -2.34. The van der Waals surface area contributed by atoms with Crippen LogP contribution in [0.15, 0.2) is 50.7 Å². The maximum atomic E-state index is 13.3. The molecule has 7 nitrogen and oxygen atoms in total. The molecule has 0 bridgehead atoms. The van der Waals surface area contributed by atoms with Crippen molar-refractivity contribution in [3.05, 3.63) is 47.1 Å². The van der Waals surface area contributed by atoms with Gasteiger partial charge in [-0.25, -0.2) is 13.4 Å². The maximum Gasteiger partial charge on any atom is 0.241 e. The average molecular weight is 436 g/mol. The molecular formula is C20H25N3O4S2. The zero-order valence-electron chi connectivity index (χ0n) is 16.8. The van der Waals surface area contributed by atoms with Crippen LogP contribution in [0.3, 0.4) is 0 Å². The van der Waals surface area contributed by atoms with Gasteiger partial charge in [0.25, 0.3) is 0 Å². The van der Waals surface area contributed by atoms with Gasteiger partial charge in [-0.15, -0.1) is 11.3 Å². The van der Waals surface area contributed by atoms with E-state index in [4.69, 9.17) is 4.42 Å². The predicted molar refractivity (Wildman–Crippen MR) is 113 cm³/mol. The Morgan fingerprint density at radius 3 is 2.55 bits per heavy atom. The highest BCUT2D eigenvalue weighted by Gasteiger charge is 2.32. The molecule has 29 heavy (non-hydrogen) atoms. The van der Waals surface area contributed by atoms with E-state index >= 15 is 0 Å². The van der Waals surface area contributed by atoms with E-state index in [2.05, 4.69) is 9.71 Å². The van der Waals surface area contributed by atoms with Gasteiger partial charge in [-0.05, 0) is 52.0 Å². The molecule has 1 aromatic carbocycles. The second kappa shape index (κ2) is 8.64. The highest BCUT2D eigenvalue weighted by Crippen LogP contribution is 2.21. The molecule has 1 amide bonds. The molecule has 0 saturated carbocycles. The molecule has 0 aliphatic carbocycles. The number of hydrogen-bond acceptors (Lipinski definition) is 6. The molecule has 3 rings (SSSR count). The molecular weight excluding hydrogens is 410 g/mol. The molecule has 0 radical (unpaired) electrons. The minimum atomic E-state index is -3.93. The number of sulfonamides is 1. The lowest BCUT2D eigenvalue weighted by atomic mass is 10.1. The van der Waals surface area contributed by atoms with Gasteiger partial charge >= 0.3 is 0 Å². The number of thiazole rings is 1. The molecule has 0 spiro atoms. The van der Waals surface area contributed by atoms with Crippen LogP contribution in [0.4, 0.5) is 0 Å². The van der Waals surface area contributed by atoms with Gasteiger partial charge in [0.2, 0.25) is 15.9 Å². The Morgan fingerprint density at radius 1 is 1.21 bits per heavy atom. The number of furan rings is 1. The fourth-order valence-electron chi connectivity index (χ4n) is 3.38. The first kappa shape index (κ1) is 21.5. The zero-order chi connectivity index (χ0) is 21.2. The SMILES string of the molecule is CC(C)N(C(=O)[C@H](Cc1cscn1)NS(=O)(=O)c1ccc2occc2c1)C(C)C. The van der Waals surface area contributed by atoms with Crippen molar-refractivity contribution in [3.8, 4) is 0 Å². The lowest BCUT2D eigenvalue weighted by molar-refractivity contribution is -0.136. The fraction of sp³-hybridized carbons (Fsp3) is 0.400. The van der Waals surface area contributed by atoms with Gasteiger partial charge in [-0.2, -0.15) is 4.72 Å². The largest absolute Gasteiger partial charge is 0.464 e. The Hall–Kier alpha value is -2.23. The summed E-state index contributed by atoms with van der Waals surface area (Å²) in [5.41, 5.74) is 2.94. The molecule has 1 atom stereocenters. The third-order valence-corrected chi connectivity index (χ3v) is 6.70.